The molecule has 1 aliphatic rings. The predicted molar refractivity (Wildman–Crippen MR) is 105 cm³/mol. The van der Waals surface area contributed by atoms with Gasteiger partial charge in [-0.3, -0.25) is 0 Å². The Bertz CT molecular complexity index is 870. The van der Waals surface area contributed by atoms with Crippen molar-refractivity contribution in [3.8, 4) is 11.4 Å². The zero-order valence-corrected chi connectivity index (χ0v) is 17.2. The molecule has 1 aromatic carbocycles. The highest BCUT2D eigenvalue weighted by molar-refractivity contribution is 6.66. The van der Waals surface area contributed by atoms with Gasteiger partial charge in [-0.1, -0.05) is 46.9 Å². The van der Waals surface area contributed by atoms with E-state index in [0.717, 1.165) is 12.1 Å². The van der Waals surface area contributed by atoms with Crippen molar-refractivity contribution in [2.24, 2.45) is 5.73 Å². The minimum atomic E-state index is -4.52. The molecule has 1 fully saturated rings. The van der Waals surface area contributed by atoms with Gasteiger partial charge < -0.3 is 15.8 Å². The zero-order chi connectivity index (χ0) is 21.3. The molecule has 0 atom stereocenters. The maximum absolute atomic E-state index is 13.0. The number of hydrogen-bond donors (Lipinski definition) is 2. The van der Waals surface area contributed by atoms with Crippen molar-refractivity contribution in [3.63, 3.8) is 0 Å². The largest absolute Gasteiger partial charge is 0.416 e. The van der Waals surface area contributed by atoms with Crippen LogP contribution in [0.2, 0.25) is 0 Å². The highest BCUT2D eigenvalue weighted by Crippen LogP contribution is 2.37. The third kappa shape index (κ3) is 5.82. The van der Waals surface area contributed by atoms with Crippen LogP contribution < -0.4 is 11.1 Å². The molecule has 0 aliphatic carbocycles. The van der Waals surface area contributed by atoms with Crippen molar-refractivity contribution in [1.82, 2.24) is 15.0 Å². The lowest BCUT2D eigenvalue weighted by atomic mass is 9.91. The van der Waals surface area contributed by atoms with Gasteiger partial charge in [-0.25, -0.2) is 4.98 Å². The number of nitrogens with zero attached hydrogens (tertiary/aromatic N) is 3. The van der Waals surface area contributed by atoms with Crippen LogP contribution in [0.1, 0.15) is 24.2 Å². The molecule has 6 nitrogen and oxygen atoms in total. The van der Waals surface area contributed by atoms with E-state index in [4.69, 9.17) is 45.3 Å². The van der Waals surface area contributed by atoms with E-state index in [1.54, 1.807) is 0 Å². The Morgan fingerprint density at radius 3 is 2.41 bits per heavy atom. The summed E-state index contributed by atoms with van der Waals surface area (Å²) in [6.45, 7) is 1.37. The monoisotopic (exact) mass is 469 g/mol. The fourth-order valence-corrected chi connectivity index (χ4v) is 3.01. The quantitative estimate of drug-likeness (QED) is 0.648. The number of ether oxygens (including phenoxy) is 1. The first kappa shape index (κ1) is 22.3. The molecule has 2 heterocycles. The fourth-order valence-electron chi connectivity index (χ4n) is 2.76. The average Bonchev–Trinajstić information content (AvgIpc) is 2.66. The minimum Gasteiger partial charge on any atom is -0.381 e. The summed E-state index contributed by atoms with van der Waals surface area (Å²) in [7, 11) is 0. The smallest absolute Gasteiger partial charge is 0.381 e. The Balaban J connectivity index is 1.94. The van der Waals surface area contributed by atoms with E-state index in [9.17, 15) is 13.2 Å². The van der Waals surface area contributed by atoms with Crippen LogP contribution in [-0.4, -0.2) is 40.2 Å². The molecule has 3 N–H and O–H groups in total. The summed E-state index contributed by atoms with van der Waals surface area (Å²) in [6.07, 6.45) is -3.26. The van der Waals surface area contributed by atoms with E-state index in [2.05, 4.69) is 20.3 Å². The average molecular weight is 471 g/mol. The van der Waals surface area contributed by atoms with Crippen LogP contribution in [0.5, 0.6) is 0 Å². The first-order chi connectivity index (χ1) is 13.5. The van der Waals surface area contributed by atoms with Crippen molar-refractivity contribution in [2.45, 2.75) is 28.3 Å². The van der Waals surface area contributed by atoms with Gasteiger partial charge in [0, 0.05) is 30.9 Å². The van der Waals surface area contributed by atoms with Gasteiger partial charge in [-0.05, 0) is 25.0 Å². The number of benzene rings is 1. The van der Waals surface area contributed by atoms with E-state index >= 15 is 0 Å². The summed E-state index contributed by atoms with van der Waals surface area (Å²) >= 11 is 17.7. The SMILES string of the molecule is NC1(CNc2nc(-c3cccc(C(F)(F)F)c3)nc(C(Cl)(Cl)Cl)n2)CCOCC1. The molecule has 0 saturated carbocycles. The minimum absolute atomic E-state index is 0.0463. The number of anilines is 1. The van der Waals surface area contributed by atoms with Gasteiger partial charge in [0.05, 0.1) is 5.56 Å². The van der Waals surface area contributed by atoms with Crippen LogP contribution in [0.3, 0.4) is 0 Å². The maximum atomic E-state index is 13.0. The molecule has 0 unspecified atom stereocenters. The number of rotatable bonds is 4. The van der Waals surface area contributed by atoms with Crippen molar-refractivity contribution in [1.29, 1.82) is 0 Å². The molecule has 0 spiro atoms. The maximum Gasteiger partial charge on any atom is 0.416 e. The number of alkyl halides is 6. The van der Waals surface area contributed by atoms with Crippen LogP contribution in [0.15, 0.2) is 24.3 Å². The van der Waals surface area contributed by atoms with Gasteiger partial charge >= 0.3 is 6.18 Å². The van der Waals surface area contributed by atoms with Crippen LogP contribution in [0.25, 0.3) is 11.4 Å². The lowest BCUT2D eigenvalue weighted by Crippen LogP contribution is -2.50. The summed E-state index contributed by atoms with van der Waals surface area (Å²) in [5.74, 6) is -0.233. The second-order valence-electron chi connectivity index (χ2n) is 6.71. The van der Waals surface area contributed by atoms with Gasteiger partial charge in [0.25, 0.3) is 0 Å². The van der Waals surface area contributed by atoms with Gasteiger partial charge in [0.15, 0.2) is 11.6 Å². The second-order valence-corrected chi connectivity index (χ2v) is 8.99. The number of nitrogens with two attached hydrogens (primary N) is 1. The Labute approximate surface area is 179 Å². The number of halogens is 6. The standard InChI is InChI=1S/C17H17Cl3F3N5O/c18-16(19,20)13-26-12(10-2-1-3-11(8-10)17(21,22)23)27-14(28-13)25-9-15(24)4-6-29-7-5-15/h1-3,8H,4-7,9,24H2,(H,25,26,27,28). The molecule has 12 heteroatoms. The highest BCUT2D eigenvalue weighted by Gasteiger charge is 2.32. The molecule has 158 valence electrons. The molecular formula is C17H17Cl3F3N5O. The van der Waals surface area contributed by atoms with Gasteiger partial charge in [-0.15, -0.1) is 0 Å². The third-order valence-electron chi connectivity index (χ3n) is 4.42. The Morgan fingerprint density at radius 2 is 1.79 bits per heavy atom. The van der Waals surface area contributed by atoms with E-state index in [-0.39, 0.29) is 23.2 Å². The topological polar surface area (TPSA) is 86.0 Å². The summed E-state index contributed by atoms with van der Waals surface area (Å²) in [6, 6.07) is 4.55. The van der Waals surface area contributed by atoms with Gasteiger partial charge in [0.2, 0.25) is 9.74 Å². The molecule has 2 aromatic rings. The van der Waals surface area contributed by atoms with Crippen LogP contribution in [-0.2, 0) is 14.7 Å². The van der Waals surface area contributed by atoms with Gasteiger partial charge in [0.1, 0.15) is 0 Å². The fraction of sp³-hybridized carbons (Fsp3) is 0.471. The molecule has 29 heavy (non-hydrogen) atoms. The summed E-state index contributed by atoms with van der Waals surface area (Å²) < 4.78 is 42.5. The second kappa shape index (κ2) is 8.39. The van der Waals surface area contributed by atoms with Crippen LogP contribution >= 0.6 is 34.8 Å². The van der Waals surface area contributed by atoms with Crippen molar-refractivity contribution < 1.29 is 17.9 Å². The molecule has 0 amide bonds. The Hall–Kier alpha value is -1.39. The molecule has 0 bridgehead atoms. The highest BCUT2D eigenvalue weighted by atomic mass is 35.6. The van der Waals surface area contributed by atoms with E-state index in [1.165, 1.54) is 12.1 Å². The molecule has 1 aromatic heterocycles. The lowest BCUT2D eigenvalue weighted by Gasteiger charge is -2.33. The molecule has 0 radical (unpaired) electrons. The molecule has 3 rings (SSSR count). The summed E-state index contributed by atoms with van der Waals surface area (Å²) in [4.78, 5) is 12.3. The van der Waals surface area contributed by atoms with Crippen molar-refractivity contribution in [2.75, 3.05) is 25.1 Å². The molecule has 1 aliphatic heterocycles. The zero-order valence-electron chi connectivity index (χ0n) is 14.9. The van der Waals surface area contributed by atoms with E-state index in [1.807, 2.05) is 0 Å². The van der Waals surface area contributed by atoms with Crippen molar-refractivity contribution in [3.05, 3.63) is 35.7 Å². The molecular weight excluding hydrogens is 454 g/mol. The lowest BCUT2D eigenvalue weighted by molar-refractivity contribution is -0.137. The first-order valence-electron chi connectivity index (χ1n) is 8.58. The molecule has 1 saturated heterocycles. The van der Waals surface area contributed by atoms with Crippen molar-refractivity contribution >= 4 is 40.8 Å². The Morgan fingerprint density at radius 1 is 1.10 bits per heavy atom. The van der Waals surface area contributed by atoms with E-state index in [0.29, 0.717) is 32.6 Å². The van der Waals surface area contributed by atoms with E-state index < -0.39 is 21.1 Å². The van der Waals surface area contributed by atoms with Gasteiger partial charge in [-0.2, -0.15) is 23.1 Å². The van der Waals surface area contributed by atoms with Crippen LogP contribution in [0, 0.1) is 0 Å². The Kier molecular flexibility index (Phi) is 6.45. The first-order valence-corrected chi connectivity index (χ1v) is 9.71. The normalized spacial score (nSPS) is 17.2. The number of hydrogen-bond acceptors (Lipinski definition) is 6. The number of aromatic nitrogens is 3. The third-order valence-corrected chi connectivity index (χ3v) is 4.93. The number of nitrogens with one attached hydrogen (secondary N) is 1. The summed E-state index contributed by atoms with van der Waals surface area (Å²) in [5, 5.41) is 2.98. The van der Waals surface area contributed by atoms with Crippen LogP contribution in [0.4, 0.5) is 19.1 Å². The predicted octanol–water partition coefficient (Wildman–Crippen LogP) is 4.30. The summed E-state index contributed by atoms with van der Waals surface area (Å²) in [5.41, 5.74) is 5.05.